The van der Waals surface area contributed by atoms with Crippen LogP contribution in [0, 0.1) is 0 Å². The zero-order valence-electron chi connectivity index (χ0n) is 8.66. The summed E-state index contributed by atoms with van der Waals surface area (Å²) in [5.41, 5.74) is 1.06. The first kappa shape index (κ1) is 9.96. The zero-order valence-corrected chi connectivity index (χ0v) is 8.66. The summed E-state index contributed by atoms with van der Waals surface area (Å²) in [7, 11) is 0. The van der Waals surface area contributed by atoms with E-state index in [1.807, 2.05) is 0 Å². The molecule has 0 bridgehead atoms. The summed E-state index contributed by atoms with van der Waals surface area (Å²) in [5.74, 6) is -0.989. The molecule has 1 aliphatic carbocycles. The largest absolute Gasteiger partial charge is 0.477 e. The van der Waals surface area contributed by atoms with Crippen LogP contribution in [0.1, 0.15) is 36.7 Å². The van der Waals surface area contributed by atoms with Gasteiger partial charge in [-0.3, -0.25) is 0 Å². The molecule has 0 aliphatic heterocycles. The Morgan fingerprint density at radius 1 is 1.60 bits per heavy atom. The highest BCUT2D eigenvalue weighted by molar-refractivity contribution is 5.86. The Morgan fingerprint density at radius 2 is 2.33 bits per heavy atom. The summed E-state index contributed by atoms with van der Waals surface area (Å²) in [6.07, 6.45) is 5.03. The van der Waals surface area contributed by atoms with Gasteiger partial charge in [0.05, 0.1) is 0 Å². The molecule has 0 unspecified atom stereocenters. The molecular weight excluding hydrogens is 192 g/mol. The third-order valence-electron chi connectivity index (χ3n) is 2.88. The second-order valence-corrected chi connectivity index (χ2v) is 4.27. The minimum absolute atomic E-state index is 0.0860. The van der Waals surface area contributed by atoms with Gasteiger partial charge in [0.1, 0.15) is 5.69 Å². The molecule has 80 valence electrons. The predicted octanol–water partition coefficient (Wildman–Crippen LogP) is 2.13. The van der Waals surface area contributed by atoms with Crippen molar-refractivity contribution in [1.29, 1.82) is 0 Å². The van der Waals surface area contributed by atoms with Crippen LogP contribution in [0.15, 0.2) is 18.3 Å². The minimum Gasteiger partial charge on any atom is -0.477 e. The first-order chi connectivity index (χ1) is 7.09. The van der Waals surface area contributed by atoms with E-state index < -0.39 is 5.97 Å². The monoisotopic (exact) mass is 206 g/mol. The van der Waals surface area contributed by atoms with Gasteiger partial charge in [-0.25, -0.2) is 9.78 Å². The van der Waals surface area contributed by atoms with Crippen molar-refractivity contribution in [2.45, 2.75) is 31.7 Å². The van der Waals surface area contributed by atoms with Crippen LogP contribution in [0.4, 0.5) is 5.69 Å². The van der Waals surface area contributed by atoms with Crippen LogP contribution >= 0.6 is 0 Å². The Labute approximate surface area is 88.3 Å². The van der Waals surface area contributed by atoms with E-state index in [1.54, 1.807) is 12.1 Å². The van der Waals surface area contributed by atoms with Gasteiger partial charge in [-0.05, 0) is 38.3 Å². The molecule has 15 heavy (non-hydrogen) atoms. The fourth-order valence-electron chi connectivity index (χ4n) is 1.81. The van der Waals surface area contributed by atoms with E-state index in [9.17, 15) is 4.79 Å². The summed E-state index contributed by atoms with van der Waals surface area (Å²) in [4.78, 5) is 14.5. The van der Waals surface area contributed by atoms with Gasteiger partial charge < -0.3 is 10.4 Å². The average molecular weight is 206 g/mol. The van der Waals surface area contributed by atoms with Gasteiger partial charge in [0.15, 0.2) is 0 Å². The topological polar surface area (TPSA) is 62.2 Å². The van der Waals surface area contributed by atoms with Gasteiger partial charge in [-0.15, -0.1) is 0 Å². The first-order valence-electron chi connectivity index (χ1n) is 5.07. The first-order valence-corrected chi connectivity index (χ1v) is 5.07. The lowest BCUT2D eigenvalue weighted by atomic mass is 9.78. The van der Waals surface area contributed by atoms with Crippen LogP contribution in [0.2, 0.25) is 0 Å². The lowest BCUT2D eigenvalue weighted by molar-refractivity contribution is 0.0690. The highest BCUT2D eigenvalue weighted by atomic mass is 16.4. The van der Waals surface area contributed by atoms with Crippen LogP contribution in [-0.4, -0.2) is 21.6 Å². The molecule has 0 radical (unpaired) electrons. The molecule has 1 aliphatic rings. The number of anilines is 1. The Balaban J connectivity index is 2.14. The fraction of sp³-hybridized carbons (Fsp3) is 0.455. The number of carboxylic acids is 1. The molecule has 0 amide bonds. The molecule has 0 spiro atoms. The molecule has 0 aromatic carbocycles. The maximum atomic E-state index is 10.7. The van der Waals surface area contributed by atoms with Gasteiger partial charge in [0, 0.05) is 17.4 Å². The molecule has 1 saturated carbocycles. The van der Waals surface area contributed by atoms with Crippen LogP contribution in [0.3, 0.4) is 0 Å². The number of hydrogen-bond acceptors (Lipinski definition) is 3. The number of pyridine rings is 1. The maximum Gasteiger partial charge on any atom is 0.354 e. The quantitative estimate of drug-likeness (QED) is 0.795. The van der Waals surface area contributed by atoms with Crippen molar-refractivity contribution >= 4 is 11.7 Å². The Kier molecular flexibility index (Phi) is 2.34. The Bertz CT molecular complexity index is 386. The second kappa shape index (κ2) is 3.53. The van der Waals surface area contributed by atoms with Crippen LogP contribution in [0.5, 0.6) is 0 Å². The average Bonchev–Trinajstić information content (AvgIpc) is 2.16. The highest BCUT2D eigenvalue weighted by Gasteiger charge is 2.31. The number of carbonyl (C=O) groups is 1. The van der Waals surface area contributed by atoms with Gasteiger partial charge >= 0.3 is 5.97 Å². The lowest BCUT2D eigenvalue weighted by Crippen LogP contribution is -2.41. The van der Waals surface area contributed by atoms with Crippen molar-refractivity contribution in [3.8, 4) is 0 Å². The maximum absolute atomic E-state index is 10.7. The van der Waals surface area contributed by atoms with E-state index in [4.69, 9.17) is 5.11 Å². The number of aromatic carboxylic acids is 1. The van der Waals surface area contributed by atoms with Crippen molar-refractivity contribution in [2.24, 2.45) is 0 Å². The normalized spacial score (nSPS) is 17.9. The lowest BCUT2D eigenvalue weighted by Gasteiger charge is -2.40. The zero-order chi connectivity index (χ0) is 10.9. The highest BCUT2D eigenvalue weighted by Crippen LogP contribution is 2.34. The van der Waals surface area contributed by atoms with Crippen LogP contribution in [-0.2, 0) is 0 Å². The Morgan fingerprint density at radius 3 is 2.87 bits per heavy atom. The molecule has 4 nitrogen and oxygen atoms in total. The fourth-order valence-corrected chi connectivity index (χ4v) is 1.81. The summed E-state index contributed by atoms with van der Waals surface area (Å²) in [6.45, 7) is 2.15. The second-order valence-electron chi connectivity index (χ2n) is 4.27. The molecule has 1 aromatic rings. The number of rotatable bonds is 3. The molecule has 1 fully saturated rings. The van der Waals surface area contributed by atoms with Crippen molar-refractivity contribution in [1.82, 2.24) is 4.98 Å². The van der Waals surface area contributed by atoms with Gasteiger partial charge in [0.25, 0.3) is 0 Å². The number of hydrogen-bond donors (Lipinski definition) is 2. The molecular formula is C11H14N2O2. The molecule has 1 heterocycles. The van der Waals surface area contributed by atoms with Crippen LogP contribution in [0.25, 0.3) is 0 Å². The summed E-state index contributed by atoms with van der Waals surface area (Å²) in [6, 6.07) is 3.38. The molecule has 4 heteroatoms. The van der Waals surface area contributed by atoms with Gasteiger partial charge in [0.2, 0.25) is 0 Å². The summed E-state index contributed by atoms with van der Waals surface area (Å²) in [5, 5.41) is 12.1. The molecule has 1 aromatic heterocycles. The summed E-state index contributed by atoms with van der Waals surface area (Å²) < 4.78 is 0. The van der Waals surface area contributed by atoms with Crippen molar-refractivity contribution < 1.29 is 9.90 Å². The number of carboxylic acid groups (broad SMARTS) is 1. The molecule has 0 saturated heterocycles. The third kappa shape index (κ3) is 2.09. The van der Waals surface area contributed by atoms with E-state index in [2.05, 4.69) is 17.2 Å². The SMILES string of the molecule is CC1(Nc2ccnc(C(=O)O)c2)CCC1. The van der Waals surface area contributed by atoms with E-state index in [0.29, 0.717) is 0 Å². The molecule has 2 rings (SSSR count). The van der Waals surface area contributed by atoms with E-state index in [0.717, 1.165) is 18.5 Å². The van der Waals surface area contributed by atoms with E-state index in [-0.39, 0.29) is 11.2 Å². The standard InChI is InChI=1S/C11H14N2O2/c1-11(4-2-5-11)13-8-3-6-12-9(7-8)10(14)15/h3,6-7H,2,4-5H2,1H3,(H,12,13)(H,14,15). The minimum atomic E-state index is -0.989. The molecule has 0 atom stereocenters. The van der Waals surface area contributed by atoms with Crippen molar-refractivity contribution in [3.05, 3.63) is 24.0 Å². The number of nitrogens with one attached hydrogen (secondary N) is 1. The number of nitrogens with zero attached hydrogens (tertiary/aromatic N) is 1. The Hall–Kier alpha value is -1.58. The third-order valence-corrected chi connectivity index (χ3v) is 2.88. The van der Waals surface area contributed by atoms with Gasteiger partial charge in [-0.1, -0.05) is 0 Å². The number of aromatic nitrogens is 1. The van der Waals surface area contributed by atoms with E-state index >= 15 is 0 Å². The van der Waals surface area contributed by atoms with Gasteiger partial charge in [-0.2, -0.15) is 0 Å². The summed E-state index contributed by atoms with van der Waals surface area (Å²) >= 11 is 0. The van der Waals surface area contributed by atoms with Crippen molar-refractivity contribution in [2.75, 3.05) is 5.32 Å². The smallest absolute Gasteiger partial charge is 0.354 e. The van der Waals surface area contributed by atoms with E-state index in [1.165, 1.54) is 12.6 Å². The predicted molar refractivity (Wildman–Crippen MR) is 57.1 cm³/mol. The van der Waals surface area contributed by atoms with Crippen molar-refractivity contribution in [3.63, 3.8) is 0 Å². The van der Waals surface area contributed by atoms with Crippen LogP contribution < -0.4 is 5.32 Å². The molecule has 2 N–H and O–H groups in total.